The molecule has 0 fully saturated rings. The molecule has 3 amide bonds. The minimum absolute atomic E-state index is 0.0823. The molecule has 13 heteroatoms. The van der Waals surface area contributed by atoms with E-state index in [0.29, 0.717) is 12.0 Å². The number of rotatable bonds is 15. The number of hydrogen-bond acceptors (Lipinski definition) is 7. The molecule has 0 aliphatic carbocycles. The van der Waals surface area contributed by atoms with Crippen molar-refractivity contribution in [3.05, 3.63) is 89.5 Å². The highest BCUT2D eigenvalue weighted by Gasteiger charge is 2.25. The third-order valence-electron chi connectivity index (χ3n) is 7.03. The summed E-state index contributed by atoms with van der Waals surface area (Å²) < 4.78 is 57.0. The van der Waals surface area contributed by atoms with Crippen molar-refractivity contribution < 1.29 is 36.7 Å². The Morgan fingerprint density at radius 1 is 0.956 bits per heavy atom. The van der Waals surface area contributed by atoms with Crippen LogP contribution in [0.25, 0.3) is 11.1 Å². The van der Waals surface area contributed by atoms with Gasteiger partial charge in [-0.2, -0.15) is 12.6 Å². The number of benzene rings is 3. The average Bonchev–Trinajstić information content (AvgIpc) is 3.00. The van der Waals surface area contributed by atoms with Gasteiger partial charge in [-0.25, -0.2) is 21.9 Å². The minimum Gasteiger partial charge on any atom is -0.384 e. The minimum atomic E-state index is -4.38. The summed E-state index contributed by atoms with van der Waals surface area (Å²) in [6, 6.07) is 16.0. The molecule has 0 saturated heterocycles. The lowest BCUT2D eigenvalue weighted by Crippen LogP contribution is -2.41. The van der Waals surface area contributed by atoms with E-state index in [2.05, 4.69) is 17.9 Å². The molecule has 0 heterocycles. The van der Waals surface area contributed by atoms with Crippen LogP contribution >= 0.6 is 12.6 Å². The summed E-state index contributed by atoms with van der Waals surface area (Å²) in [5.41, 5.74) is 0.915. The molecule has 242 valence electrons. The van der Waals surface area contributed by atoms with Gasteiger partial charge in [0.1, 0.15) is 17.7 Å². The smallest absolute Gasteiger partial charge is 0.264 e. The molecule has 3 aromatic rings. The molecule has 0 bridgehead atoms. The standard InChI is InChI=1S/C32H37F2N3O6S2/c1-3-8-30(39)37(16-15-35-32(41)25(20-44)17-23-9-4-6-11-27(23)33)19-24-14-13-22(18-28(24)34)26-10-5-7-12-29(26)45(42,43)36-31(40)21(2)38/h4-7,9-14,18,21,25,38,44H,3,8,15-17,19-20H2,1-2H3,(H,35,41)(H,36,40)/t21-,25+/m0/s1. The first-order valence-corrected chi connectivity index (χ1v) is 16.5. The van der Waals surface area contributed by atoms with Gasteiger partial charge < -0.3 is 15.3 Å². The number of nitrogens with one attached hydrogen (secondary N) is 2. The highest BCUT2D eigenvalue weighted by atomic mass is 32.2. The van der Waals surface area contributed by atoms with Crippen LogP contribution in [-0.2, 0) is 37.4 Å². The SMILES string of the molecule is CCCC(=O)N(CCNC(=O)[C@@H](CS)Cc1ccccc1F)Cc1ccc(-c2ccccc2S(=O)(=O)NC(=O)[C@H](C)O)cc1F. The van der Waals surface area contributed by atoms with Gasteiger partial charge >= 0.3 is 0 Å². The van der Waals surface area contributed by atoms with E-state index in [4.69, 9.17) is 0 Å². The molecular formula is C32H37F2N3O6S2. The van der Waals surface area contributed by atoms with Gasteiger partial charge in [-0.15, -0.1) is 0 Å². The maximum atomic E-state index is 15.4. The lowest BCUT2D eigenvalue weighted by atomic mass is 9.99. The third kappa shape index (κ3) is 9.84. The number of nitrogens with zero attached hydrogens (tertiary/aromatic N) is 1. The van der Waals surface area contributed by atoms with Crippen molar-refractivity contribution in [2.24, 2.45) is 5.92 Å². The van der Waals surface area contributed by atoms with Gasteiger partial charge in [-0.3, -0.25) is 14.4 Å². The van der Waals surface area contributed by atoms with E-state index in [9.17, 15) is 32.3 Å². The van der Waals surface area contributed by atoms with Crippen molar-refractivity contribution in [3.63, 3.8) is 0 Å². The Morgan fingerprint density at radius 3 is 2.29 bits per heavy atom. The quantitative estimate of drug-likeness (QED) is 0.183. The molecule has 0 radical (unpaired) electrons. The second-order valence-electron chi connectivity index (χ2n) is 10.5. The van der Waals surface area contributed by atoms with Crippen LogP contribution in [0.1, 0.15) is 37.8 Å². The second kappa shape index (κ2) is 16.5. The molecule has 3 rings (SSSR count). The molecule has 3 N–H and O–H groups in total. The predicted molar refractivity (Wildman–Crippen MR) is 170 cm³/mol. The number of hydrogen-bond donors (Lipinski definition) is 4. The van der Waals surface area contributed by atoms with Gasteiger partial charge in [0.15, 0.2) is 0 Å². The monoisotopic (exact) mass is 661 g/mol. The van der Waals surface area contributed by atoms with Crippen LogP contribution < -0.4 is 10.0 Å². The fourth-order valence-electron chi connectivity index (χ4n) is 4.55. The van der Waals surface area contributed by atoms with Crippen molar-refractivity contribution in [2.45, 2.75) is 50.7 Å². The topological polar surface area (TPSA) is 133 Å². The van der Waals surface area contributed by atoms with E-state index in [1.165, 1.54) is 41.3 Å². The molecule has 0 unspecified atom stereocenters. The molecule has 0 aromatic heterocycles. The molecule has 2 atom stereocenters. The fourth-order valence-corrected chi connectivity index (χ4v) is 6.13. The van der Waals surface area contributed by atoms with E-state index in [1.807, 2.05) is 6.92 Å². The highest BCUT2D eigenvalue weighted by Crippen LogP contribution is 2.29. The van der Waals surface area contributed by atoms with Crippen molar-refractivity contribution in [3.8, 4) is 11.1 Å². The summed E-state index contributed by atoms with van der Waals surface area (Å²) in [5.74, 6) is -3.19. The number of aliphatic hydroxyl groups is 1. The summed E-state index contributed by atoms with van der Waals surface area (Å²) in [6.45, 7) is 3.03. The number of sulfonamides is 1. The Bertz CT molecular complexity index is 1620. The van der Waals surface area contributed by atoms with E-state index in [0.717, 1.165) is 13.0 Å². The van der Waals surface area contributed by atoms with Gasteiger partial charge in [-0.1, -0.05) is 55.5 Å². The normalized spacial score (nSPS) is 12.7. The zero-order valence-electron chi connectivity index (χ0n) is 25.0. The van der Waals surface area contributed by atoms with E-state index < -0.39 is 39.6 Å². The number of aliphatic hydroxyl groups excluding tert-OH is 1. The Labute approximate surface area is 267 Å². The van der Waals surface area contributed by atoms with Gasteiger partial charge in [0, 0.05) is 42.9 Å². The van der Waals surface area contributed by atoms with Crippen LogP contribution in [0.2, 0.25) is 0 Å². The fraction of sp³-hybridized carbons (Fsp3) is 0.344. The van der Waals surface area contributed by atoms with Crippen molar-refractivity contribution in [1.29, 1.82) is 0 Å². The molecular weight excluding hydrogens is 624 g/mol. The third-order valence-corrected chi connectivity index (χ3v) is 8.87. The second-order valence-corrected chi connectivity index (χ2v) is 12.5. The predicted octanol–water partition coefficient (Wildman–Crippen LogP) is 3.85. The first-order chi connectivity index (χ1) is 21.4. The molecule has 3 aromatic carbocycles. The highest BCUT2D eigenvalue weighted by molar-refractivity contribution is 7.90. The summed E-state index contributed by atoms with van der Waals surface area (Å²) in [4.78, 5) is 38.7. The lowest BCUT2D eigenvalue weighted by Gasteiger charge is -2.24. The van der Waals surface area contributed by atoms with Gasteiger partial charge in [0.2, 0.25) is 11.8 Å². The maximum Gasteiger partial charge on any atom is 0.264 e. The summed E-state index contributed by atoms with van der Waals surface area (Å²) in [5, 5.41) is 12.2. The Balaban J connectivity index is 1.75. The van der Waals surface area contributed by atoms with Crippen molar-refractivity contribution >= 4 is 40.4 Å². The Kier molecular flexibility index (Phi) is 13.1. The first kappa shape index (κ1) is 35.7. The zero-order chi connectivity index (χ0) is 33.1. The van der Waals surface area contributed by atoms with Crippen molar-refractivity contribution in [2.75, 3.05) is 18.8 Å². The summed E-state index contributed by atoms with van der Waals surface area (Å²) in [7, 11) is -4.38. The van der Waals surface area contributed by atoms with Gasteiger partial charge in [-0.05, 0) is 49.1 Å². The molecule has 9 nitrogen and oxygen atoms in total. The number of amides is 3. The Morgan fingerprint density at radius 2 is 1.64 bits per heavy atom. The Hall–Kier alpha value is -3.81. The molecule has 0 spiro atoms. The average molecular weight is 662 g/mol. The van der Waals surface area contributed by atoms with Crippen LogP contribution in [-0.4, -0.2) is 61.1 Å². The van der Waals surface area contributed by atoms with Crippen LogP contribution in [0.4, 0.5) is 8.78 Å². The zero-order valence-corrected chi connectivity index (χ0v) is 26.7. The lowest BCUT2D eigenvalue weighted by molar-refractivity contribution is -0.132. The van der Waals surface area contributed by atoms with Crippen LogP contribution in [0.5, 0.6) is 0 Å². The largest absolute Gasteiger partial charge is 0.384 e. The van der Waals surface area contributed by atoms with E-state index >= 15 is 4.39 Å². The summed E-state index contributed by atoms with van der Waals surface area (Å²) >= 11 is 4.25. The molecule has 45 heavy (non-hydrogen) atoms. The van der Waals surface area contributed by atoms with Gasteiger partial charge in [0.05, 0.1) is 10.8 Å². The number of carbonyl (C=O) groups excluding carboxylic acids is 3. The van der Waals surface area contributed by atoms with Crippen LogP contribution in [0.15, 0.2) is 71.6 Å². The number of carbonyl (C=O) groups is 3. The number of halogens is 2. The van der Waals surface area contributed by atoms with Gasteiger partial charge in [0.25, 0.3) is 15.9 Å². The first-order valence-electron chi connectivity index (χ1n) is 14.4. The molecule has 0 saturated carbocycles. The van der Waals surface area contributed by atoms with Crippen LogP contribution in [0, 0.1) is 17.6 Å². The maximum absolute atomic E-state index is 15.4. The van der Waals surface area contributed by atoms with E-state index in [-0.39, 0.29) is 71.6 Å². The van der Waals surface area contributed by atoms with E-state index in [1.54, 1.807) is 29.0 Å². The number of thiol groups is 1. The molecule has 0 aliphatic heterocycles. The molecule has 0 aliphatic rings. The van der Waals surface area contributed by atoms with Crippen LogP contribution in [0.3, 0.4) is 0 Å². The summed E-state index contributed by atoms with van der Waals surface area (Å²) in [6.07, 6.45) is -0.623. The van der Waals surface area contributed by atoms with Crippen molar-refractivity contribution in [1.82, 2.24) is 14.9 Å².